The standard InChI is InChI=1S/C15H13ClN2O2/c1-8-2-3-10(16)6-13(8)20-14-7-12-9(4-11(14)17)5-15(19)18-12/h2-4,6-7H,5,17H2,1H3,(H,18,19). The summed E-state index contributed by atoms with van der Waals surface area (Å²) in [6.45, 7) is 1.93. The second kappa shape index (κ2) is 4.72. The van der Waals surface area contributed by atoms with E-state index < -0.39 is 0 Å². The quantitative estimate of drug-likeness (QED) is 0.831. The lowest BCUT2D eigenvalue weighted by molar-refractivity contribution is -0.115. The first-order valence-electron chi connectivity index (χ1n) is 6.19. The van der Waals surface area contributed by atoms with Gasteiger partial charge in [0.1, 0.15) is 5.75 Å². The maximum Gasteiger partial charge on any atom is 0.228 e. The lowest BCUT2D eigenvalue weighted by Gasteiger charge is -2.12. The van der Waals surface area contributed by atoms with E-state index in [1.165, 1.54) is 0 Å². The Morgan fingerprint density at radius 2 is 2.05 bits per heavy atom. The molecule has 1 aliphatic heterocycles. The van der Waals surface area contributed by atoms with Crippen molar-refractivity contribution >= 4 is 28.9 Å². The molecule has 2 aromatic carbocycles. The topological polar surface area (TPSA) is 64.3 Å². The third-order valence-corrected chi connectivity index (χ3v) is 3.47. The Balaban J connectivity index is 1.97. The molecule has 0 bridgehead atoms. The average molecular weight is 289 g/mol. The summed E-state index contributed by atoms with van der Waals surface area (Å²) in [5.41, 5.74) is 9.07. The van der Waals surface area contributed by atoms with Gasteiger partial charge in [0, 0.05) is 16.8 Å². The van der Waals surface area contributed by atoms with E-state index in [-0.39, 0.29) is 5.91 Å². The summed E-state index contributed by atoms with van der Waals surface area (Å²) in [6, 6.07) is 8.93. The molecule has 1 heterocycles. The summed E-state index contributed by atoms with van der Waals surface area (Å²) >= 11 is 5.97. The smallest absolute Gasteiger partial charge is 0.228 e. The van der Waals surface area contributed by atoms with Gasteiger partial charge in [-0.25, -0.2) is 0 Å². The number of carbonyl (C=O) groups excluding carboxylic acids is 1. The number of hydrogen-bond donors (Lipinski definition) is 2. The number of nitrogens with two attached hydrogens (primary N) is 1. The van der Waals surface area contributed by atoms with Crippen LogP contribution >= 0.6 is 11.6 Å². The van der Waals surface area contributed by atoms with Crippen LogP contribution in [0, 0.1) is 6.92 Å². The number of hydrogen-bond acceptors (Lipinski definition) is 3. The lowest BCUT2D eigenvalue weighted by atomic mass is 10.1. The number of fused-ring (bicyclic) bond motifs is 1. The molecule has 1 amide bonds. The molecule has 3 N–H and O–H groups in total. The fourth-order valence-corrected chi connectivity index (χ4v) is 2.33. The Hall–Kier alpha value is -2.20. The highest BCUT2D eigenvalue weighted by Crippen LogP contribution is 2.37. The third kappa shape index (κ3) is 2.30. The molecule has 102 valence electrons. The SMILES string of the molecule is Cc1ccc(Cl)cc1Oc1cc2c(cc1N)CC(=O)N2. The van der Waals surface area contributed by atoms with E-state index in [0.29, 0.717) is 28.6 Å². The molecule has 0 spiro atoms. The van der Waals surface area contributed by atoms with Gasteiger partial charge in [0.15, 0.2) is 5.75 Å². The van der Waals surface area contributed by atoms with E-state index in [0.717, 1.165) is 16.8 Å². The van der Waals surface area contributed by atoms with E-state index in [1.54, 1.807) is 24.3 Å². The normalized spacial score (nSPS) is 13.0. The number of nitrogen functional groups attached to an aromatic ring is 1. The van der Waals surface area contributed by atoms with Crippen LogP contribution in [0.4, 0.5) is 11.4 Å². The van der Waals surface area contributed by atoms with Crippen LogP contribution in [-0.4, -0.2) is 5.91 Å². The minimum Gasteiger partial charge on any atom is -0.455 e. The predicted molar refractivity (Wildman–Crippen MR) is 79.5 cm³/mol. The zero-order chi connectivity index (χ0) is 14.3. The Kier molecular flexibility index (Phi) is 3.03. The molecule has 0 unspecified atom stereocenters. The molecule has 0 aliphatic carbocycles. The van der Waals surface area contributed by atoms with Gasteiger partial charge in [-0.15, -0.1) is 0 Å². The zero-order valence-corrected chi connectivity index (χ0v) is 11.6. The molecule has 1 aliphatic rings. The fraction of sp³-hybridized carbons (Fsp3) is 0.133. The van der Waals surface area contributed by atoms with Crippen molar-refractivity contribution in [1.29, 1.82) is 0 Å². The van der Waals surface area contributed by atoms with Crippen molar-refractivity contribution in [2.45, 2.75) is 13.3 Å². The monoisotopic (exact) mass is 288 g/mol. The zero-order valence-electron chi connectivity index (χ0n) is 10.9. The van der Waals surface area contributed by atoms with E-state index in [4.69, 9.17) is 22.1 Å². The average Bonchev–Trinajstić information content (AvgIpc) is 2.73. The number of carbonyl (C=O) groups is 1. The van der Waals surface area contributed by atoms with Crippen molar-refractivity contribution in [2.24, 2.45) is 0 Å². The minimum absolute atomic E-state index is 0.0320. The molecule has 20 heavy (non-hydrogen) atoms. The highest BCUT2D eigenvalue weighted by Gasteiger charge is 2.20. The fourth-order valence-electron chi connectivity index (χ4n) is 2.16. The van der Waals surface area contributed by atoms with Crippen LogP contribution in [0.2, 0.25) is 5.02 Å². The Labute approximate surface area is 121 Å². The molecule has 2 aromatic rings. The van der Waals surface area contributed by atoms with Crippen LogP contribution in [0.25, 0.3) is 0 Å². The van der Waals surface area contributed by atoms with Crippen molar-refractivity contribution < 1.29 is 9.53 Å². The molecule has 0 saturated carbocycles. The Bertz CT molecular complexity index is 713. The molecule has 0 aromatic heterocycles. The van der Waals surface area contributed by atoms with Crippen LogP contribution in [0.1, 0.15) is 11.1 Å². The van der Waals surface area contributed by atoms with Crippen molar-refractivity contribution in [1.82, 2.24) is 0 Å². The number of anilines is 2. The summed E-state index contributed by atoms with van der Waals surface area (Å²) in [4.78, 5) is 11.4. The van der Waals surface area contributed by atoms with Gasteiger partial charge in [0.25, 0.3) is 0 Å². The summed E-state index contributed by atoms with van der Waals surface area (Å²) in [5.74, 6) is 1.13. The van der Waals surface area contributed by atoms with Crippen molar-refractivity contribution in [3.05, 3.63) is 46.5 Å². The second-order valence-corrected chi connectivity index (χ2v) is 5.22. The first-order chi connectivity index (χ1) is 9.52. The number of amides is 1. The van der Waals surface area contributed by atoms with Crippen LogP contribution in [-0.2, 0) is 11.2 Å². The molecule has 0 saturated heterocycles. The highest BCUT2D eigenvalue weighted by molar-refractivity contribution is 6.30. The molecular weight excluding hydrogens is 276 g/mol. The largest absolute Gasteiger partial charge is 0.455 e. The molecule has 4 nitrogen and oxygen atoms in total. The Morgan fingerprint density at radius 1 is 1.25 bits per heavy atom. The molecular formula is C15H13ClN2O2. The first-order valence-corrected chi connectivity index (χ1v) is 6.57. The number of nitrogens with one attached hydrogen (secondary N) is 1. The first kappa shape index (κ1) is 12.8. The summed E-state index contributed by atoms with van der Waals surface area (Å²) in [7, 11) is 0. The van der Waals surface area contributed by atoms with Gasteiger partial charge in [-0.2, -0.15) is 0 Å². The summed E-state index contributed by atoms with van der Waals surface area (Å²) in [5, 5.41) is 3.37. The van der Waals surface area contributed by atoms with Crippen molar-refractivity contribution in [3.8, 4) is 11.5 Å². The van der Waals surface area contributed by atoms with Crippen molar-refractivity contribution in [2.75, 3.05) is 11.1 Å². The van der Waals surface area contributed by atoms with Crippen molar-refractivity contribution in [3.63, 3.8) is 0 Å². The predicted octanol–water partition coefficient (Wildman–Crippen LogP) is 3.52. The van der Waals surface area contributed by atoms with Gasteiger partial charge in [-0.05, 0) is 36.2 Å². The van der Waals surface area contributed by atoms with Gasteiger partial charge < -0.3 is 15.8 Å². The van der Waals surface area contributed by atoms with Crippen LogP contribution < -0.4 is 15.8 Å². The molecule has 5 heteroatoms. The second-order valence-electron chi connectivity index (χ2n) is 4.78. The molecule has 0 atom stereocenters. The van der Waals surface area contributed by atoms with Gasteiger partial charge in [0.2, 0.25) is 5.91 Å². The molecule has 3 rings (SSSR count). The molecule has 0 radical (unpaired) electrons. The third-order valence-electron chi connectivity index (χ3n) is 3.23. The maximum atomic E-state index is 11.4. The maximum absolute atomic E-state index is 11.4. The van der Waals surface area contributed by atoms with Crippen LogP contribution in [0.15, 0.2) is 30.3 Å². The van der Waals surface area contributed by atoms with Gasteiger partial charge in [-0.3, -0.25) is 4.79 Å². The van der Waals surface area contributed by atoms with Gasteiger partial charge in [0.05, 0.1) is 12.1 Å². The van der Waals surface area contributed by atoms with E-state index in [2.05, 4.69) is 5.32 Å². The number of halogens is 1. The van der Waals surface area contributed by atoms with Crippen LogP contribution in [0.5, 0.6) is 11.5 Å². The highest BCUT2D eigenvalue weighted by atomic mass is 35.5. The molecule has 0 fully saturated rings. The summed E-state index contributed by atoms with van der Waals surface area (Å²) in [6.07, 6.45) is 0.357. The van der Waals surface area contributed by atoms with Gasteiger partial charge in [-0.1, -0.05) is 17.7 Å². The number of aryl methyl sites for hydroxylation is 1. The Morgan fingerprint density at radius 3 is 2.85 bits per heavy atom. The number of rotatable bonds is 2. The number of benzene rings is 2. The van der Waals surface area contributed by atoms with Gasteiger partial charge >= 0.3 is 0 Å². The van der Waals surface area contributed by atoms with E-state index >= 15 is 0 Å². The van der Waals surface area contributed by atoms with E-state index in [9.17, 15) is 4.79 Å². The number of ether oxygens (including phenoxy) is 1. The van der Waals surface area contributed by atoms with Crippen LogP contribution in [0.3, 0.4) is 0 Å². The summed E-state index contributed by atoms with van der Waals surface area (Å²) < 4.78 is 5.82. The minimum atomic E-state index is -0.0320. The van der Waals surface area contributed by atoms with E-state index in [1.807, 2.05) is 13.0 Å². The lowest BCUT2D eigenvalue weighted by Crippen LogP contribution is -2.03.